The zero-order valence-electron chi connectivity index (χ0n) is 13.8. The molecule has 1 amide bonds. The monoisotopic (exact) mass is 341 g/mol. The van der Waals surface area contributed by atoms with Crippen LogP contribution in [0.5, 0.6) is 5.75 Å². The Kier molecular flexibility index (Phi) is 4.66. The van der Waals surface area contributed by atoms with Crippen LogP contribution in [0.4, 0.5) is 5.82 Å². The molecule has 0 saturated carbocycles. The van der Waals surface area contributed by atoms with Crippen LogP contribution in [-0.2, 0) is 4.79 Å². The highest BCUT2D eigenvalue weighted by Gasteiger charge is 2.16. The van der Waals surface area contributed by atoms with E-state index >= 15 is 0 Å². The number of ether oxygens (including phenoxy) is 1. The lowest BCUT2D eigenvalue weighted by molar-refractivity contribution is -0.122. The number of nitrogens with one attached hydrogen (secondary N) is 2. The van der Waals surface area contributed by atoms with E-state index in [1.165, 1.54) is 4.88 Å². The summed E-state index contributed by atoms with van der Waals surface area (Å²) in [7, 11) is 0. The molecule has 1 unspecified atom stereocenters. The highest BCUT2D eigenvalue weighted by molar-refractivity contribution is 7.15. The summed E-state index contributed by atoms with van der Waals surface area (Å²) >= 11 is 1.67. The zero-order valence-corrected chi connectivity index (χ0v) is 14.6. The van der Waals surface area contributed by atoms with Crippen molar-refractivity contribution in [3.63, 3.8) is 0 Å². The van der Waals surface area contributed by atoms with Crippen LogP contribution in [0, 0.1) is 13.8 Å². The van der Waals surface area contributed by atoms with Crippen molar-refractivity contribution < 1.29 is 9.53 Å². The third-order valence-corrected chi connectivity index (χ3v) is 4.54. The molecule has 1 atom stereocenters. The first-order valence-corrected chi connectivity index (χ1v) is 8.49. The lowest BCUT2D eigenvalue weighted by Gasteiger charge is -2.14. The molecule has 6 heteroatoms. The standard InChI is InChI=1S/C18H19N3O2S/c1-11-5-4-6-14(9-11)23-13(3)18(22)19-17-10-15(20-21-17)16-8-7-12(2)24-16/h4-10,13H,1-3H3,(H2,19,20,21,22). The normalized spacial score (nSPS) is 12.0. The fraction of sp³-hybridized carbons (Fsp3) is 0.222. The third kappa shape index (κ3) is 3.83. The van der Waals surface area contributed by atoms with Gasteiger partial charge in [-0.1, -0.05) is 12.1 Å². The molecule has 0 aliphatic heterocycles. The van der Waals surface area contributed by atoms with Gasteiger partial charge in [0.2, 0.25) is 0 Å². The van der Waals surface area contributed by atoms with Crippen molar-refractivity contribution in [3.8, 4) is 16.3 Å². The maximum atomic E-state index is 12.3. The van der Waals surface area contributed by atoms with Crippen molar-refractivity contribution >= 4 is 23.1 Å². The van der Waals surface area contributed by atoms with Crippen molar-refractivity contribution in [3.05, 3.63) is 52.9 Å². The molecule has 2 aromatic heterocycles. The minimum atomic E-state index is -0.615. The molecule has 2 N–H and O–H groups in total. The van der Waals surface area contributed by atoms with E-state index in [0.717, 1.165) is 16.1 Å². The van der Waals surface area contributed by atoms with E-state index in [0.29, 0.717) is 11.6 Å². The molecule has 5 nitrogen and oxygen atoms in total. The Morgan fingerprint density at radius 1 is 1.25 bits per heavy atom. The minimum Gasteiger partial charge on any atom is -0.481 e. The van der Waals surface area contributed by atoms with Crippen LogP contribution in [0.2, 0.25) is 0 Å². The molecule has 0 fully saturated rings. The van der Waals surface area contributed by atoms with Crippen LogP contribution in [-0.4, -0.2) is 22.2 Å². The summed E-state index contributed by atoms with van der Waals surface area (Å²) in [6, 6.07) is 13.5. The Morgan fingerprint density at radius 3 is 2.79 bits per heavy atom. The second-order valence-electron chi connectivity index (χ2n) is 5.64. The second kappa shape index (κ2) is 6.88. The van der Waals surface area contributed by atoms with Crippen LogP contribution in [0.25, 0.3) is 10.6 Å². The first-order chi connectivity index (χ1) is 11.5. The SMILES string of the molecule is Cc1cccc(OC(C)C(=O)Nc2cc(-c3ccc(C)s3)[nH]n2)c1. The van der Waals surface area contributed by atoms with Gasteiger partial charge in [0.25, 0.3) is 5.91 Å². The molecule has 0 spiro atoms. The maximum Gasteiger partial charge on any atom is 0.266 e. The average molecular weight is 341 g/mol. The van der Waals surface area contributed by atoms with Gasteiger partial charge < -0.3 is 10.1 Å². The number of carbonyl (C=O) groups is 1. The Morgan fingerprint density at radius 2 is 2.08 bits per heavy atom. The topological polar surface area (TPSA) is 67.0 Å². The maximum absolute atomic E-state index is 12.3. The molecule has 1 aromatic carbocycles. The molecule has 0 radical (unpaired) electrons. The number of thiophene rings is 1. The van der Waals surface area contributed by atoms with E-state index in [1.807, 2.05) is 43.3 Å². The number of carbonyl (C=O) groups excluding carboxylic acids is 1. The van der Waals surface area contributed by atoms with Gasteiger partial charge in [-0.05, 0) is 50.6 Å². The number of H-pyrrole nitrogens is 1. The predicted molar refractivity (Wildman–Crippen MR) is 96.5 cm³/mol. The van der Waals surface area contributed by atoms with Gasteiger partial charge in [0.15, 0.2) is 11.9 Å². The van der Waals surface area contributed by atoms with Crippen LogP contribution in [0.1, 0.15) is 17.4 Å². The number of anilines is 1. The Bertz CT molecular complexity index is 853. The average Bonchev–Trinajstić information content (AvgIpc) is 3.16. The van der Waals surface area contributed by atoms with E-state index in [-0.39, 0.29) is 5.91 Å². The van der Waals surface area contributed by atoms with Gasteiger partial charge in [-0.3, -0.25) is 9.89 Å². The number of aromatic nitrogens is 2. The summed E-state index contributed by atoms with van der Waals surface area (Å²) in [5, 5.41) is 9.85. The van der Waals surface area contributed by atoms with E-state index in [9.17, 15) is 4.79 Å². The summed E-state index contributed by atoms with van der Waals surface area (Å²) < 4.78 is 5.68. The van der Waals surface area contributed by atoms with Gasteiger partial charge in [0.05, 0.1) is 10.6 Å². The summed E-state index contributed by atoms with van der Waals surface area (Å²) in [5.74, 6) is 0.923. The van der Waals surface area contributed by atoms with Crippen molar-refractivity contribution in [2.45, 2.75) is 26.9 Å². The number of hydrogen-bond acceptors (Lipinski definition) is 4. The van der Waals surface area contributed by atoms with Gasteiger partial charge in [0, 0.05) is 10.9 Å². The summed E-state index contributed by atoms with van der Waals surface area (Å²) in [6.45, 7) is 5.75. The van der Waals surface area contributed by atoms with Crippen molar-refractivity contribution in [1.29, 1.82) is 0 Å². The number of nitrogens with zero attached hydrogens (tertiary/aromatic N) is 1. The molecule has 0 aliphatic carbocycles. The van der Waals surface area contributed by atoms with E-state index in [1.54, 1.807) is 18.3 Å². The minimum absolute atomic E-state index is 0.239. The number of aryl methyl sites for hydroxylation is 2. The largest absolute Gasteiger partial charge is 0.481 e. The van der Waals surface area contributed by atoms with Crippen LogP contribution < -0.4 is 10.1 Å². The van der Waals surface area contributed by atoms with Crippen molar-refractivity contribution in [2.24, 2.45) is 0 Å². The number of rotatable bonds is 5. The van der Waals surface area contributed by atoms with Gasteiger partial charge >= 0.3 is 0 Å². The number of benzene rings is 1. The zero-order chi connectivity index (χ0) is 17.1. The lowest BCUT2D eigenvalue weighted by atomic mass is 10.2. The number of aromatic amines is 1. The quantitative estimate of drug-likeness (QED) is 0.732. The molecular formula is C18H19N3O2S. The molecule has 2 heterocycles. The molecule has 3 rings (SSSR count). The van der Waals surface area contributed by atoms with E-state index < -0.39 is 6.10 Å². The van der Waals surface area contributed by atoms with Crippen LogP contribution in [0.15, 0.2) is 42.5 Å². The summed E-state index contributed by atoms with van der Waals surface area (Å²) in [6.07, 6.45) is -0.615. The fourth-order valence-corrected chi connectivity index (χ4v) is 3.10. The van der Waals surface area contributed by atoms with Gasteiger partial charge in [0.1, 0.15) is 5.75 Å². The Balaban J connectivity index is 1.63. The number of amides is 1. The molecule has 124 valence electrons. The van der Waals surface area contributed by atoms with Crippen molar-refractivity contribution in [1.82, 2.24) is 10.2 Å². The van der Waals surface area contributed by atoms with Crippen LogP contribution in [0.3, 0.4) is 0 Å². The predicted octanol–water partition coefficient (Wildman–Crippen LogP) is 4.16. The summed E-state index contributed by atoms with van der Waals surface area (Å²) in [5.41, 5.74) is 1.97. The highest BCUT2D eigenvalue weighted by atomic mass is 32.1. The van der Waals surface area contributed by atoms with Gasteiger partial charge in [-0.2, -0.15) is 5.10 Å². The van der Waals surface area contributed by atoms with E-state index in [2.05, 4.69) is 28.5 Å². The molecule has 0 aliphatic rings. The molecule has 3 aromatic rings. The second-order valence-corrected chi connectivity index (χ2v) is 6.93. The van der Waals surface area contributed by atoms with E-state index in [4.69, 9.17) is 4.74 Å². The Labute approximate surface area is 144 Å². The van der Waals surface area contributed by atoms with Gasteiger partial charge in [-0.25, -0.2) is 0 Å². The third-order valence-electron chi connectivity index (χ3n) is 3.51. The molecule has 0 saturated heterocycles. The highest BCUT2D eigenvalue weighted by Crippen LogP contribution is 2.27. The first kappa shape index (κ1) is 16.3. The smallest absolute Gasteiger partial charge is 0.266 e. The van der Waals surface area contributed by atoms with Crippen molar-refractivity contribution in [2.75, 3.05) is 5.32 Å². The summed E-state index contributed by atoms with van der Waals surface area (Å²) in [4.78, 5) is 14.6. The Hall–Kier alpha value is -2.60. The molecular weight excluding hydrogens is 322 g/mol. The lowest BCUT2D eigenvalue weighted by Crippen LogP contribution is -2.30. The number of hydrogen-bond donors (Lipinski definition) is 2. The first-order valence-electron chi connectivity index (χ1n) is 7.67. The molecule has 24 heavy (non-hydrogen) atoms. The fourth-order valence-electron chi connectivity index (χ4n) is 2.27. The van der Waals surface area contributed by atoms with Crippen LogP contribution >= 0.6 is 11.3 Å². The van der Waals surface area contributed by atoms with Gasteiger partial charge in [-0.15, -0.1) is 11.3 Å². The molecule has 0 bridgehead atoms.